The zero-order valence-corrected chi connectivity index (χ0v) is 8.68. The molecular weight excluding hydrogens is 192 g/mol. The van der Waals surface area contributed by atoms with Gasteiger partial charge in [0.2, 0.25) is 5.91 Å². The molecule has 1 rings (SSSR count). The lowest BCUT2D eigenvalue weighted by molar-refractivity contribution is -0.123. The van der Waals surface area contributed by atoms with Gasteiger partial charge in [0.25, 0.3) is 0 Å². The molecule has 0 saturated carbocycles. The molecule has 0 aliphatic heterocycles. The van der Waals surface area contributed by atoms with Gasteiger partial charge in [-0.25, -0.2) is 0 Å². The fourth-order valence-corrected chi connectivity index (χ4v) is 1.19. The van der Waals surface area contributed by atoms with Crippen molar-refractivity contribution in [3.05, 3.63) is 35.9 Å². The number of carbonyl (C=O) groups is 1. The summed E-state index contributed by atoms with van der Waals surface area (Å²) in [6.45, 7) is 1.63. The first-order valence-corrected chi connectivity index (χ1v) is 4.87. The van der Waals surface area contributed by atoms with Crippen LogP contribution < -0.4 is 11.1 Å². The van der Waals surface area contributed by atoms with Crippen molar-refractivity contribution in [1.29, 1.82) is 0 Å². The summed E-state index contributed by atoms with van der Waals surface area (Å²) in [6.07, 6.45) is 0. The summed E-state index contributed by atoms with van der Waals surface area (Å²) in [5.74, 6) is -0.275. The fraction of sp³-hybridized carbons (Fsp3) is 0.364. The van der Waals surface area contributed by atoms with Crippen molar-refractivity contribution in [3.63, 3.8) is 0 Å². The Labute approximate surface area is 89.1 Å². The van der Waals surface area contributed by atoms with E-state index in [2.05, 4.69) is 5.32 Å². The van der Waals surface area contributed by atoms with Gasteiger partial charge in [0, 0.05) is 6.04 Å². The van der Waals surface area contributed by atoms with Gasteiger partial charge in [0.15, 0.2) is 0 Å². The summed E-state index contributed by atoms with van der Waals surface area (Å²) in [4.78, 5) is 11.6. The molecule has 0 aliphatic rings. The highest BCUT2D eigenvalue weighted by Gasteiger charge is 2.16. The molecule has 0 spiro atoms. The van der Waals surface area contributed by atoms with Gasteiger partial charge in [-0.2, -0.15) is 0 Å². The second kappa shape index (κ2) is 5.48. The number of nitrogens with one attached hydrogen (secondary N) is 1. The summed E-state index contributed by atoms with van der Waals surface area (Å²) < 4.78 is 0. The Morgan fingerprint density at radius 2 is 2.07 bits per heavy atom. The number of aliphatic hydroxyl groups excluding tert-OH is 1. The summed E-state index contributed by atoms with van der Waals surface area (Å²) >= 11 is 0. The van der Waals surface area contributed by atoms with Crippen molar-refractivity contribution in [2.24, 2.45) is 5.73 Å². The molecular formula is C11H16N2O2. The molecule has 0 bridgehead atoms. The Kier molecular flexibility index (Phi) is 4.27. The van der Waals surface area contributed by atoms with Crippen LogP contribution in [-0.2, 0) is 4.79 Å². The summed E-state index contributed by atoms with van der Waals surface area (Å²) in [7, 11) is 0. The first kappa shape index (κ1) is 11.7. The molecule has 1 amide bonds. The van der Waals surface area contributed by atoms with E-state index in [-0.39, 0.29) is 18.6 Å². The van der Waals surface area contributed by atoms with Crippen LogP contribution in [-0.4, -0.2) is 23.7 Å². The fourth-order valence-electron chi connectivity index (χ4n) is 1.19. The first-order chi connectivity index (χ1) is 7.15. The summed E-state index contributed by atoms with van der Waals surface area (Å²) in [5.41, 5.74) is 6.51. The molecule has 0 aliphatic carbocycles. The molecule has 0 heterocycles. The second-order valence-electron chi connectivity index (χ2n) is 3.48. The summed E-state index contributed by atoms with van der Waals surface area (Å²) in [5, 5.41) is 11.4. The minimum Gasteiger partial charge on any atom is -0.394 e. The zero-order chi connectivity index (χ0) is 11.3. The predicted octanol–water partition coefficient (Wildman–Crippen LogP) is 0.183. The van der Waals surface area contributed by atoms with Crippen LogP contribution >= 0.6 is 0 Å². The first-order valence-electron chi connectivity index (χ1n) is 4.87. The van der Waals surface area contributed by atoms with Gasteiger partial charge in [0.05, 0.1) is 6.61 Å². The molecule has 1 unspecified atom stereocenters. The molecule has 2 atom stereocenters. The Morgan fingerprint density at radius 1 is 1.47 bits per heavy atom. The normalized spacial score (nSPS) is 14.3. The van der Waals surface area contributed by atoms with Crippen molar-refractivity contribution in [1.82, 2.24) is 5.32 Å². The Morgan fingerprint density at radius 3 is 2.60 bits per heavy atom. The van der Waals surface area contributed by atoms with E-state index < -0.39 is 6.04 Å². The molecule has 1 aromatic rings. The molecule has 0 saturated heterocycles. The lowest BCUT2D eigenvalue weighted by Gasteiger charge is -2.15. The lowest BCUT2D eigenvalue weighted by Crippen LogP contribution is -2.40. The number of rotatable bonds is 4. The molecule has 15 heavy (non-hydrogen) atoms. The van der Waals surface area contributed by atoms with E-state index in [1.165, 1.54) is 0 Å². The standard InChI is InChI=1S/C11H16N2O2/c1-8(7-14)13-11(15)10(12)9-5-3-2-4-6-9/h2-6,8,10,14H,7,12H2,1H3,(H,13,15)/t8?,10-/m1/s1. The SMILES string of the molecule is CC(CO)NC(=O)[C@H](N)c1ccccc1. The molecule has 0 aromatic heterocycles. The van der Waals surface area contributed by atoms with Crippen LogP contribution in [0.3, 0.4) is 0 Å². The van der Waals surface area contributed by atoms with Crippen LogP contribution in [0.2, 0.25) is 0 Å². The Bertz CT molecular complexity index is 314. The van der Waals surface area contributed by atoms with Crippen LogP contribution in [0.25, 0.3) is 0 Å². The lowest BCUT2D eigenvalue weighted by atomic mass is 10.1. The van der Waals surface area contributed by atoms with Gasteiger partial charge >= 0.3 is 0 Å². The maximum absolute atomic E-state index is 11.6. The quantitative estimate of drug-likeness (QED) is 0.661. The van der Waals surface area contributed by atoms with Crippen LogP contribution in [0.1, 0.15) is 18.5 Å². The van der Waals surface area contributed by atoms with Gasteiger partial charge < -0.3 is 16.2 Å². The van der Waals surface area contributed by atoms with Crippen LogP contribution in [0.5, 0.6) is 0 Å². The van der Waals surface area contributed by atoms with E-state index in [0.717, 1.165) is 5.56 Å². The number of nitrogens with two attached hydrogens (primary N) is 1. The van der Waals surface area contributed by atoms with Crippen molar-refractivity contribution in [2.45, 2.75) is 19.0 Å². The maximum atomic E-state index is 11.6. The van der Waals surface area contributed by atoms with E-state index >= 15 is 0 Å². The van der Waals surface area contributed by atoms with E-state index in [0.29, 0.717) is 0 Å². The third kappa shape index (κ3) is 3.34. The number of carbonyl (C=O) groups excluding carboxylic acids is 1. The van der Waals surface area contributed by atoms with E-state index in [1.54, 1.807) is 19.1 Å². The smallest absolute Gasteiger partial charge is 0.241 e. The molecule has 4 nitrogen and oxygen atoms in total. The average Bonchev–Trinajstić information content (AvgIpc) is 2.29. The summed E-state index contributed by atoms with van der Waals surface area (Å²) in [6, 6.07) is 8.18. The highest BCUT2D eigenvalue weighted by molar-refractivity contribution is 5.83. The number of benzene rings is 1. The molecule has 0 radical (unpaired) electrons. The number of hydrogen-bond donors (Lipinski definition) is 3. The minimum absolute atomic E-state index is 0.0900. The third-order valence-corrected chi connectivity index (χ3v) is 2.10. The number of aliphatic hydroxyl groups is 1. The van der Waals surface area contributed by atoms with Crippen molar-refractivity contribution < 1.29 is 9.90 Å². The average molecular weight is 208 g/mol. The van der Waals surface area contributed by atoms with Gasteiger partial charge in [-0.3, -0.25) is 4.79 Å². The largest absolute Gasteiger partial charge is 0.394 e. The molecule has 82 valence electrons. The third-order valence-electron chi connectivity index (χ3n) is 2.10. The van der Waals surface area contributed by atoms with Gasteiger partial charge in [-0.1, -0.05) is 30.3 Å². The van der Waals surface area contributed by atoms with Crippen molar-refractivity contribution >= 4 is 5.91 Å². The Balaban J connectivity index is 2.61. The highest BCUT2D eigenvalue weighted by Crippen LogP contribution is 2.09. The predicted molar refractivity (Wildman–Crippen MR) is 58.1 cm³/mol. The molecule has 4 heteroatoms. The van der Waals surface area contributed by atoms with Crippen LogP contribution in [0.15, 0.2) is 30.3 Å². The monoisotopic (exact) mass is 208 g/mol. The number of hydrogen-bond acceptors (Lipinski definition) is 3. The number of amides is 1. The zero-order valence-electron chi connectivity index (χ0n) is 8.68. The Hall–Kier alpha value is -1.39. The van der Waals surface area contributed by atoms with Crippen LogP contribution in [0, 0.1) is 0 Å². The van der Waals surface area contributed by atoms with Gasteiger partial charge in [0.1, 0.15) is 6.04 Å². The van der Waals surface area contributed by atoms with Crippen molar-refractivity contribution in [2.75, 3.05) is 6.61 Å². The van der Waals surface area contributed by atoms with E-state index in [9.17, 15) is 4.79 Å². The van der Waals surface area contributed by atoms with E-state index in [4.69, 9.17) is 10.8 Å². The molecule has 1 aromatic carbocycles. The topological polar surface area (TPSA) is 75.3 Å². The van der Waals surface area contributed by atoms with E-state index in [1.807, 2.05) is 18.2 Å². The molecule has 4 N–H and O–H groups in total. The van der Waals surface area contributed by atoms with Crippen LogP contribution in [0.4, 0.5) is 0 Å². The maximum Gasteiger partial charge on any atom is 0.241 e. The second-order valence-corrected chi connectivity index (χ2v) is 3.48. The van der Waals surface area contributed by atoms with Gasteiger partial charge in [-0.05, 0) is 12.5 Å². The minimum atomic E-state index is -0.680. The molecule has 0 fully saturated rings. The van der Waals surface area contributed by atoms with Gasteiger partial charge in [-0.15, -0.1) is 0 Å². The van der Waals surface area contributed by atoms with Crippen molar-refractivity contribution in [3.8, 4) is 0 Å². The highest BCUT2D eigenvalue weighted by atomic mass is 16.3.